The number of rotatable bonds is 5. The molecule has 150 valence electrons. The van der Waals surface area contributed by atoms with Crippen LogP contribution in [0, 0.1) is 11.6 Å². The molecule has 4 rings (SSSR count). The fraction of sp³-hybridized carbons (Fsp3) is 0.0870. The van der Waals surface area contributed by atoms with E-state index in [1.807, 2.05) is 60.7 Å². The summed E-state index contributed by atoms with van der Waals surface area (Å²) in [5.74, 6) is -1.65. The van der Waals surface area contributed by atoms with Crippen LogP contribution in [0.4, 0.5) is 8.78 Å². The monoisotopic (exact) mass is 405 g/mol. The van der Waals surface area contributed by atoms with E-state index in [9.17, 15) is 18.7 Å². The molecule has 0 bridgehead atoms. The molecule has 1 aromatic heterocycles. The second-order valence-corrected chi connectivity index (χ2v) is 6.69. The lowest BCUT2D eigenvalue weighted by atomic mass is 10.0. The van der Waals surface area contributed by atoms with Crippen molar-refractivity contribution in [1.82, 2.24) is 14.8 Å². The van der Waals surface area contributed by atoms with Crippen molar-refractivity contribution < 1.29 is 13.9 Å². The van der Waals surface area contributed by atoms with Crippen molar-refractivity contribution >= 4 is 0 Å². The first-order valence-corrected chi connectivity index (χ1v) is 9.26. The van der Waals surface area contributed by atoms with E-state index in [4.69, 9.17) is 0 Å². The van der Waals surface area contributed by atoms with Gasteiger partial charge in [0.15, 0.2) is 0 Å². The highest BCUT2D eigenvalue weighted by atomic mass is 19.1. The molecule has 1 unspecified atom stereocenters. The molecule has 0 saturated carbocycles. The molecular weight excluding hydrogens is 388 g/mol. The molecule has 1 N–H and O–H groups in total. The fourth-order valence-electron chi connectivity index (χ4n) is 3.16. The Bertz CT molecular complexity index is 1230. The Balaban J connectivity index is 1.79. The van der Waals surface area contributed by atoms with Gasteiger partial charge in [0.05, 0.1) is 6.54 Å². The normalized spacial score (nSPS) is 12.0. The number of benzene rings is 3. The summed E-state index contributed by atoms with van der Waals surface area (Å²) in [4.78, 5) is 16.8. The van der Waals surface area contributed by atoms with Crippen molar-refractivity contribution in [2.45, 2.75) is 12.6 Å². The first-order chi connectivity index (χ1) is 14.5. The maximum atomic E-state index is 14.0. The topological polar surface area (TPSA) is 68.0 Å². The van der Waals surface area contributed by atoms with Crippen LogP contribution in [0.15, 0.2) is 83.7 Å². The van der Waals surface area contributed by atoms with Gasteiger partial charge in [0.2, 0.25) is 0 Å². The summed E-state index contributed by atoms with van der Waals surface area (Å²) in [7, 11) is 0. The van der Waals surface area contributed by atoms with Gasteiger partial charge in [0, 0.05) is 22.8 Å². The Hall–Kier alpha value is -3.71. The van der Waals surface area contributed by atoms with E-state index in [-0.39, 0.29) is 12.1 Å². The van der Waals surface area contributed by atoms with E-state index < -0.39 is 23.4 Å². The SMILES string of the molecule is O=c1nc(-c2ccccc2)c(-c2ccccc2)nn1CC(O)c1ccc(F)cc1F. The molecule has 0 spiro atoms. The number of hydrogen-bond acceptors (Lipinski definition) is 4. The van der Waals surface area contributed by atoms with Gasteiger partial charge in [-0.2, -0.15) is 10.1 Å². The molecule has 0 aliphatic heterocycles. The van der Waals surface area contributed by atoms with Crippen LogP contribution in [0.5, 0.6) is 0 Å². The van der Waals surface area contributed by atoms with Gasteiger partial charge < -0.3 is 5.11 Å². The summed E-state index contributed by atoms with van der Waals surface area (Å²) in [6.45, 7) is -0.330. The molecule has 1 heterocycles. The average molecular weight is 405 g/mol. The number of hydrogen-bond donors (Lipinski definition) is 1. The van der Waals surface area contributed by atoms with Crippen LogP contribution in [0.25, 0.3) is 22.5 Å². The third-order valence-electron chi connectivity index (χ3n) is 4.64. The van der Waals surface area contributed by atoms with Gasteiger partial charge in [-0.05, 0) is 6.07 Å². The fourth-order valence-corrected chi connectivity index (χ4v) is 3.16. The van der Waals surface area contributed by atoms with Crippen molar-refractivity contribution in [2.24, 2.45) is 0 Å². The van der Waals surface area contributed by atoms with E-state index in [1.54, 1.807) is 0 Å². The van der Waals surface area contributed by atoms with Crippen molar-refractivity contribution in [3.8, 4) is 22.5 Å². The second kappa shape index (κ2) is 8.34. The minimum absolute atomic E-state index is 0.126. The summed E-state index contributed by atoms with van der Waals surface area (Å²) in [6.07, 6.45) is -1.40. The van der Waals surface area contributed by atoms with Crippen molar-refractivity contribution in [2.75, 3.05) is 0 Å². The Kier molecular flexibility index (Phi) is 5.45. The molecule has 0 aliphatic carbocycles. The first kappa shape index (κ1) is 19.6. The molecule has 0 fully saturated rings. The Morgan fingerprint density at radius 2 is 1.47 bits per heavy atom. The summed E-state index contributed by atoms with van der Waals surface area (Å²) >= 11 is 0. The standard InChI is InChI=1S/C23H17F2N3O2/c24-17-11-12-18(19(25)13-17)20(29)14-28-23(30)26-21(15-7-3-1-4-8-15)22(27-28)16-9-5-2-6-10-16/h1-13,20,29H,14H2. The van der Waals surface area contributed by atoms with Crippen LogP contribution < -0.4 is 5.69 Å². The van der Waals surface area contributed by atoms with Gasteiger partial charge in [-0.3, -0.25) is 0 Å². The predicted molar refractivity (Wildman–Crippen MR) is 108 cm³/mol. The Labute approximate surface area is 170 Å². The number of aliphatic hydroxyl groups is 1. The highest BCUT2D eigenvalue weighted by Crippen LogP contribution is 2.27. The summed E-state index contributed by atoms with van der Waals surface area (Å²) in [6, 6.07) is 21.2. The van der Waals surface area contributed by atoms with Gasteiger partial charge in [-0.1, -0.05) is 66.7 Å². The van der Waals surface area contributed by atoms with E-state index in [0.717, 1.165) is 27.9 Å². The highest BCUT2D eigenvalue weighted by Gasteiger charge is 2.19. The smallest absolute Gasteiger partial charge is 0.364 e. The van der Waals surface area contributed by atoms with Crippen LogP contribution in [0.1, 0.15) is 11.7 Å². The molecule has 5 nitrogen and oxygen atoms in total. The number of aromatic nitrogens is 3. The quantitative estimate of drug-likeness (QED) is 0.545. The van der Waals surface area contributed by atoms with Crippen LogP contribution in [-0.2, 0) is 6.54 Å². The zero-order valence-corrected chi connectivity index (χ0v) is 15.7. The first-order valence-electron chi connectivity index (χ1n) is 9.26. The maximum Gasteiger partial charge on any atom is 0.364 e. The zero-order chi connectivity index (χ0) is 21.1. The van der Waals surface area contributed by atoms with Crippen molar-refractivity contribution in [1.29, 1.82) is 0 Å². The lowest BCUT2D eigenvalue weighted by Gasteiger charge is -2.15. The van der Waals surface area contributed by atoms with E-state index in [2.05, 4.69) is 10.1 Å². The number of halogens is 2. The molecule has 0 radical (unpaired) electrons. The number of nitrogens with zero attached hydrogens (tertiary/aromatic N) is 3. The third kappa shape index (κ3) is 4.01. The van der Waals surface area contributed by atoms with Gasteiger partial charge in [-0.25, -0.2) is 18.3 Å². The van der Waals surface area contributed by atoms with Gasteiger partial charge in [0.1, 0.15) is 29.1 Å². The molecule has 7 heteroatoms. The van der Waals surface area contributed by atoms with Gasteiger partial charge >= 0.3 is 5.69 Å². The molecule has 0 saturated heterocycles. The van der Waals surface area contributed by atoms with Gasteiger partial charge in [-0.15, -0.1) is 0 Å². The minimum Gasteiger partial charge on any atom is -0.386 e. The number of aliphatic hydroxyl groups excluding tert-OH is 1. The summed E-state index contributed by atoms with van der Waals surface area (Å²) in [5.41, 5.74) is 1.51. The van der Waals surface area contributed by atoms with E-state index in [0.29, 0.717) is 17.5 Å². The highest BCUT2D eigenvalue weighted by molar-refractivity contribution is 5.77. The van der Waals surface area contributed by atoms with Crippen molar-refractivity contribution in [3.05, 3.63) is 107 Å². The molecule has 1 atom stereocenters. The summed E-state index contributed by atoms with van der Waals surface area (Å²) in [5, 5.41) is 14.8. The predicted octanol–water partition coefficient (Wildman–Crippen LogP) is 3.98. The molecule has 4 aromatic rings. The average Bonchev–Trinajstić information content (AvgIpc) is 2.76. The molecule has 3 aromatic carbocycles. The molecule has 0 aliphatic rings. The maximum absolute atomic E-state index is 14.0. The Morgan fingerprint density at radius 1 is 0.867 bits per heavy atom. The lowest BCUT2D eigenvalue weighted by molar-refractivity contribution is 0.144. The lowest BCUT2D eigenvalue weighted by Crippen LogP contribution is -2.29. The van der Waals surface area contributed by atoms with Crippen molar-refractivity contribution in [3.63, 3.8) is 0 Å². The van der Waals surface area contributed by atoms with Crippen LogP contribution >= 0.6 is 0 Å². The zero-order valence-electron chi connectivity index (χ0n) is 15.7. The third-order valence-corrected chi connectivity index (χ3v) is 4.64. The molecule has 0 amide bonds. The van der Waals surface area contributed by atoms with Crippen LogP contribution in [0.2, 0.25) is 0 Å². The molecular formula is C23H17F2N3O2. The van der Waals surface area contributed by atoms with Crippen LogP contribution in [-0.4, -0.2) is 19.9 Å². The summed E-state index contributed by atoms with van der Waals surface area (Å²) < 4.78 is 28.1. The molecule has 30 heavy (non-hydrogen) atoms. The largest absolute Gasteiger partial charge is 0.386 e. The van der Waals surface area contributed by atoms with E-state index >= 15 is 0 Å². The van der Waals surface area contributed by atoms with E-state index in [1.165, 1.54) is 0 Å². The van der Waals surface area contributed by atoms with Crippen LogP contribution in [0.3, 0.4) is 0 Å². The minimum atomic E-state index is -1.40. The second-order valence-electron chi connectivity index (χ2n) is 6.69. The Morgan fingerprint density at radius 3 is 2.07 bits per heavy atom. The van der Waals surface area contributed by atoms with Gasteiger partial charge in [0.25, 0.3) is 0 Å².